The second-order valence-corrected chi connectivity index (χ2v) is 5.63. The van der Waals surface area contributed by atoms with Gasteiger partial charge in [-0.2, -0.15) is 5.10 Å². The summed E-state index contributed by atoms with van der Waals surface area (Å²) in [6.07, 6.45) is 6.08. The summed E-state index contributed by atoms with van der Waals surface area (Å²) in [6, 6.07) is 3.06. The number of aliphatic hydroxyl groups excluding tert-OH is 1. The van der Waals surface area contributed by atoms with Crippen molar-refractivity contribution >= 4 is 11.7 Å². The predicted octanol–water partition coefficient (Wildman–Crippen LogP) is 1.48. The lowest BCUT2D eigenvalue weighted by Crippen LogP contribution is -2.34. The minimum atomic E-state index is -0.283. The highest BCUT2D eigenvalue weighted by Crippen LogP contribution is 2.29. The number of amides is 2. The normalized spacial score (nSPS) is 16.3. The molecule has 3 rings (SSSR count). The fourth-order valence-corrected chi connectivity index (χ4v) is 2.96. The second kappa shape index (κ2) is 7.31. The van der Waals surface area contributed by atoms with Gasteiger partial charge < -0.3 is 20.5 Å². The second-order valence-electron chi connectivity index (χ2n) is 5.63. The van der Waals surface area contributed by atoms with Crippen LogP contribution in [0.5, 0.6) is 5.88 Å². The molecule has 0 bridgehead atoms. The molecular weight excluding hydrogens is 310 g/mol. The number of methoxy groups -OCH3 is 1. The number of hydrogen-bond acceptors (Lipinski definition) is 5. The molecule has 2 aromatic rings. The van der Waals surface area contributed by atoms with Gasteiger partial charge in [-0.1, -0.05) is 0 Å². The summed E-state index contributed by atoms with van der Waals surface area (Å²) in [7, 11) is 1.54. The molecule has 0 saturated heterocycles. The Bertz CT molecular complexity index is 698. The lowest BCUT2D eigenvalue weighted by atomic mass is 9.93. The van der Waals surface area contributed by atoms with Gasteiger partial charge in [0.25, 0.3) is 0 Å². The number of ether oxygens (including phenoxy) is 1. The predicted molar refractivity (Wildman–Crippen MR) is 87.9 cm³/mol. The van der Waals surface area contributed by atoms with E-state index < -0.39 is 0 Å². The molecule has 2 amide bonds. The van der Waals surface area contributed by atoms with Crippen molar-refractivity contribution < 1.29 is 14.6 Å². The van der Waals surface area contributed by atoms with Crippen LogP contribution in [-0.4, -0.2) is 39.6 Å². The fraction of sp³-hybridized carbons (Fsp3) is 0.438. The van der Waals surface area contributed by atoms with Gasteiger partial charge in [0.2, 0.25) is 5.88 Å². The monoisotopic (exact) mass is 331 g/mol. The van der Waals surface area contributed by atoms with Crippen LogP contribution in [0.1, 0.15) is 30.1 Å². The Morgan fingerprint density at radius 3 is 3.04 bits per heavy atom. The maximum Gasteiger partial charge on any atom is 0.319 e. The maximum absolute atomic E-state index is 12.2. The third-order valence-electron chi connectivity index (χ3n) is 4.08. The number of carbonyl (C=O) groups is 1. The van der Waals surface area contributed by atoms with E-state index in [0.717, 1.165) is 30.5 Å². The van der Waals surface area contributed by atoms with Crippen LogP contribution in [0, 0.1) is 0 Å². The number of aromatic nitrogens is 3. The van der Waals surface area contributed by atoms with E-state index in [9.17, 15) is 4.79 Å². The van der Waals surface area contributed by atoms with Crippen LogP contribution in [0.15, 0.2) is 24.5 Å². The molecule has 0 aliphatic heterocycles. The molecule has 0 spiro atoms. The van der Waals surface area contributed by atoms with Crippen molar-refractivity contribution in [2.24, 2.45) is 0 Å². The van der Waals surface area contributed by atoms with Gasteiger partial charge in [0.1, 0.15) is 0 Å². The van der Waals surface area contributed by atoms with Crippen LogP contribution in [0.3, 0.4) is 0 Å². The highest BCUT2D eigenvalue weighted by Gasteiger charge is 2.25. The maximum atomic E-state index is 12.2. The first-order valence-electron chi connectivity index (χ1n) is 7.94. The zero-order chi connectivity index (χ0) is 16.9. The van der Waals surface area contributed by atoms with E-state index in [1.54, 1.807) is 31.6 Å². The quantitative estimate of drug-likeness (QED) is 0.770. The van der Waals surface area contributed by atoms with Crippen LogP contribution < -0.4 is 15.4 Å². The number of carbonyl (C=O) groups excluding carboxylic acids is 1. The molecule has 1 aliphatic rings. The van der Waals surface area contributed by atoms with Crippen molar-refractivity contribution in [2.45, 2.75) is 31.8 Å². The van der Waals surface area contributed by atoms with Crippen LogP contribution in [-0.2, 0) is 13.0 Å². The molecule has 8 nitrogen and oxygen atoms in total. The Hall–Kier alpha value is -2.61. The number of nitrogens with zero attached hydrogens (tertiary/aromatic N) is 3. The molecule has 3 N–H and O–H groups in total. The van der Waals surface area contributed by atoms with Crippen molar-refractivity contribution in [1.29, 1.82) is 0 Å². The van der Waals surface area contributed by atoms with E-state index >= 15 is 0 Å². The van der Waals surface area contributed by atoms with E-state index in [1.165, 1.54) is 0 Å². The van der Waals surface area contributed by atoms with Gasteiger partial charge in [0.05, 0.1) is 44.4 Å². The Morgan fingerprint density at radius 1 is 1.46 bits per heavy atom. The summed E-state index contributed by atoms with van der Waals surface area (Å²) in [6.45, 7) is 0.531. The molecule has 1 atom stereocenters. The molecule has 1 aliphatic carbocycles. The van der Waals surface area contributed by atoms with Gasteiger partial charge in [-0.15, -0.1) is 0 Å². The largest absolute Gasteiger partial charge is 0.481 e. The lowest BCUT2D eigenvalue weighted by molar-refractivity contribution is 0.246. The minimum absolute atomic E-state index is 0.0527. The van der Waals surface area contributed by atoms with E-state index in [4.69, 9.17) is 9.84 Å². The van der Waals surface area contributed by atoms with E-state index in [1.807, 2.05) is 4.68 Å². The Labute approximate surface area is 139 Å². The summed E-state index contributed by atoms with van der Waals surface area (Å²) in [4.78, 5) is 16.3. The summed E-state index contributed by atoms with van der Waals surface area (Å²) in [5, 5.41) is 19.2. The zero-order valence-electron chi connectivity index (χ0n) is 13.5. The molecule has 2 aromatic heterocycles. The van der Waals surface area contributed by atoms with Gasteiger partial charge in [0.15, 0.2) is 0 Å². The molecule has 2 heterocycles. The Kier molecular flexibility index (Phi) is 4.95. The van der Waals surface area contributed by atoms with Crippen molar-refractivity contribution in [3.05, 3.63) is 35.8 Å². The Balaban J connectivity index is 1.65. The fourth-order valence-electron chi connectivity index (χ4n) is 2.96. The molecule has 0 aromatic carbocycles. The topological polar surface area (TPSA) is 101 Å². The number of nitrogens with one attached hydrogen (secondary N) is 2. The Morgan fingerprint density at radius 2 is 2.33 bits per heavy atom. The molecule has 0 fully saturated rings. The number of hydrogen-bond donors (Lipinski definition) is 3. The highest BCUT2D eigenvalue weighted by molar-refractivity contribution is 5.89. The van der Waals surface area contributed by atoms with E-state index in [0.29, 0.717) is 18.1 Å². The third-order valence-corrected chi connectivity index (χ3v) is 4.08. The van der Waals surface area contributed by atoms with Crippen LogP contribution in [0.2, 0.25) is 0 Å². The molecule has 0 saturated carbocycles. The van der Waals surface area contributed by atoms with Gasteiger partial charge in [0, 0.05) is 17.3 Å². The lowest BCUT2D eigenvalue weighted by Gasteiger charge is -2.24. The first-order chi connectivity index (χ1) is 11.7. The van der Waals surface area contributed by atoms with Crippen molar-refractivity contribution in [2.75, 3.05) is 19.0 Å². The molecular formula is C16H21N5O3. The number of rotatable bonds is 5. The smallest absolute Gasteiger partial charge is 0.319 e. The van der Waals surface area contributed by atoms with Gasteiger partial charge in [-0.3, -0.25) is 4.68 Å². The first kappa shape index (κ1) is 16.3. The molecule has 0 unspecified atom stereocenters. The first-order valence-corrected chi connectivity index (χ1v) is 7.94. The molecule has 8 heteroatoms. The van der Waals surface area contributed by atoms with E-state index in [2.05, 4.69) is 20.7 Å². The highest BCUT2D eigenvalue weighted by atomic mass is 16.5. The van der Waals surface area contributed by atoms with Crippen molar-refractivity contribution in [1.82, 2.24) is 20.1 Å². The van der Waals surface area contributed by atoms with E-state index in [-0.39, 0.29) is 18.7 Å². The van der Waals surface area contributed by atoms with Crippen LogP contribution in [0.25, 0.3) is 0 Å². The zero-order valence-corrected chi connectivity index (χ0v) is 13.5. The standard InChI is InChI=1S/C16H21N5O3/c1-24-15-6-5-11(9-17-15)19-16(23)20-13-3-2-4-14-12(13)10-18-21(14)7-8-22/h5-6,9-10,13,22H,2-4,7-8H2,1H3,(H2,19,20,23)/t13-/m0/s1. The molecule has 0 radical (unpaired) electrons. The summed E-state index contributed by atoms with van der Waals surface area (Å²) < 4.78 is 6.80. The number of fused-ring (bicyclic) bond motifs is 1. The average molecular weight is 331 g/mol. The number of pyridine rings is 1. The number of anilines is 1. The molecule has 24 heavy (non-hydrogen) atoms. The third kappa shape index (κ3) is 3.48. The number of urea groups is 1. The summed E-state index contributed by atoms with van der Waals surface area (Å²) in [5.41, 5.74) is 2.71. The van der Waals surface area contributed by atoms with Gasteiger partial charge >= 0.3 is 6.03 Å². The van der Waals surface area contributed by atoms with Crippen LogP contribution >= 0.6 is 0 Å². The SMILES string of the molecule is COc1ccc(NC(=O)N[C@H]2CCCc3c2cnn3CCO)cn1. The van der Waals surface area contributed by atoms with Crippen molar-refractivity contribution in [3.8, 4) is 5.88 Å². The van der Waals surface area contributed by atoms with Crippen LogP contribution in [0.4, 0.5) is 10.5 Å². The summed E-state index contributed by atoms with van der Waals surface area (Å²) in [5.74, 6) is 0.495. The van der Waals surface area contributed by atoms with Gasteiger partial charge in [-0.25, -0.2) is 9.78 Å². The number of aliphatic hydroxyl groups is 1. The summed E-state index contributed by atoms with van der Waals surface area (Å²) >= 11 is 0. The van der Waals surface area contributed by atoms with Gasteiger partial charge in [-0.05, 0) is 25.3 Å². The molecule has 128 valence electrons. The minimum Gasteiger partial charge on any atom is -0.481 e. The van der Waals surface area contributed by atoms with Crippen molar-refractivity contribution in [3.63, 3.8) is 0 Å². The average Bonchev–Trinajstić information content (AvgIpc) is 3.00.